The summed E-state index contributed by atoms with van der Waals surface area (Å²) in [7, 11) is 0.212. The molecule has 0 aromatic heterocycles. The Labute approximate surface area is 259 Å². The van der Waals surface area contributed by atoms with Crippen LogP contribution in [0.5, 0.6) is 5.75 Å². The molecule has 4 rings (SSSR count). The van der Waals surface area contributed by atoms with Gasteiger partial charge in [-0.2, -0.15) is 10.6 Å². The van der Waals surface area contributed by atoms with E-state index in [2.05, 4.69) is 48.3 Å². The normalized spacial score (nSPS) is 24.4. The Bertz CT molecular complexity index is 1320. The number of amides is 1. The smallest absolute Gasteiger partial charge is 0.254 e. The maximum atomic E-state index is 13.1. The maximum Gasteiger partial charge on any atom is 0.254 e. The van der Waals surface area contributed by atoms with E-state index in [9.17, 15) is 9.00 Å². The number of nitrogens with zero attached hydrogens (tertiary/aromatic N) is 2. The molecule has 4 atom stereocenters. The summed E-state index contributed by atoms with van der Waals surface area (Å²) in [6.07, 6.45) is 11.2. The maximum absolute atomic E-state index is 13.1. The summed E-state index contributed by atoms with van der Waals surface area (Å²) >= 11 is 6.20. The number of benzene rings is 2. The molecule has 0 N–H and O–H groups in total. The predicted octanol–water partition coefficient (Wildman–Crippen LogP) is 8.19. The van der Waals surface area contributed by atoms with Crippen molar-refractivity contribution in [2.24, 2.45) is 22.1 Å². The van der Waals surface area contributed by atoms with E-state index in [0.29, 0.717) is 29.8 Å². The van der Waals surface area contributed by atoms with Crippen molar-refractivity contribution in [2.75, 3.05) is 37.5 Å². The quantitative estimate of drug-likeness (QED) is 0.162. The molecule has 1 amide bonds. The fourth-order valence-electron chi connectivity index (χ4n) is 6.00. The molecule has 2 aromatic rings. The lowest BCUT2D eigenvalue weighted by Gasteiger charge is -2.43. The highest BCUT2D eigenvalue weighted by Gasteiger charge is 2.37. The lowest BCUT2D eigenvalue weighted by molar-refractivity contribution is 0.0135. The minimum absolute atomic E-state index is 0.0646. The number of ether oxygens (including phenoxy) is 2. The van der Waals surface area contributed by atoms with E-state index in [1.165, 1.54) is 11.1 Å². The Balaban J connectivity index is 1.55. The van der Waals surface area contributed by atoms with Gasteiger partial charge in [0.05, 0.1) is 18.4 Å². The fraction of sp³-hybridized carbons (Fsp3) is 0.559. The average Bonchev–Trinajstić information content (AvgIpc) is 2.97. The number of fused-ring (bicyclic) bond motifs is 3. The number of anilines is 1. The molecule has 0 unspecified atom stereocenters. The van der Waals surface area contributed by atoms with Crippen molar-refractivity contribution in [3.63, 3.8) is 0 Å². The summed E-state index contributed by atoms with van der Waals surface area (Å²) in [5.41, 5.74) is 3.86. The molecule has 0 saturated heterocycles. The standard InChI is InChI=1S/C34H46ClN2O4S/c1-5-25-10-9-12-32(40-4)30-17-14-28(30)22-37(6-2)31-21-27(34(38)36-42(39)23-25)15-18-33(31)41-19-8-7-11-26-20-29(35)16-13-24(26)3/h9,12-13,15-16,18,20-21,25,28,30,32H,5-8,10-11,14,17,19,22-23H2,1-4H3/q-1/b12-9+/t25-,28-,30+,32-/m0/s1. The molecule has 6 nitrogen and oxygen atoms in total. The first-order valence-corrected chi connectivity index (χ1v) is 17.1. The molecule has 1 aliphatic heterocycles. The molecular formula is C34H46ClN2O4S-. The first-order chi connectivity index (χ1) is 20.3. The van der Waals surface area contributed by atoms with E-state index in [0.717, 1.165) is 74.5 Å². The number of carbonyl (C=O) groups is 1. The van der Waals surface area contributed by atoms with Gasteiger partial charge in [0.15, 0.2) is 0 Å². The Morgan fingerprint density at radius 3 is 2.67 bits per heavy atom. The SMILES string of the molecule is CC[C@H]1C/C=C/[C@H](OC)[C@@H]2CC[C@H]2CN(CC)c2cc(ccc2OCCCCc2cc(Cl)ccc2C)C(=O)N=[S-](=O)C1. The van der Waals surface area contributed by atoms with Gasteiger partial charge in [-0.3, -0.25) is 4.79 Å². The number of unbranched alkanes of at least 4 members (excludes halogenated alkanes) is 1. The second-order valence-corrected chi connectivity index (χ2v) is 13.2. The molecule has 1 aliphatic carbocycles. The molecule has 2 bridgehead atoms. The van der Waals surface area contributed by atoms with Gasteiger partial charge in [-0.05, 0) is 106 Å². The van der Waals surface area contributed by atoms with E-state index in [-0.39, 0.29) is 12.0 Å². The Kier molecular flexibility index (Phi) is 12.3. The van der Waals surface area contributed by atoms with Crippen molar-refractivity contribution in [3.8, 4) is 5.75 Å². The highest BCUT2D eigenvalue weighted by molar-refractivity contribution is 7.75. The Hall–Kier alpha value is -2.35. The summed E-state index contributed by atoms with van der Waals surface area (Å²) in [4.78, 5) is 15.4. The second kappa shape index (κ2) is 15.9. The van der Waals surface area contributed by atoms with Crippen LogP contribution in [0.25, 0.3) is 0 Å². The van der Waals surface area contributed by atoms with E-state index >= 15 is 0 Å². The minimum Gasteiger partial charge on any atom is -0.491 e. The first kappa shape index (κ1) is 32.6. The molecule has 1 fully saturated rings. The highest BCUT2D eigenvalue weighted by Crippen LogP contribution is 2.41. The summed E-state index contributed by atoms with van der Waals surface area (Å²) in [6.45, 7) is 8.55. The average molecular weight is 614 g/mol. The van der Waals surface area contributed by atoms with Crippen molar-refractivity contribution in [2.45, 2.75) is 71.8 Å². The predicted molar refractivity (Wildman–Crippen MR) is 173 cm³/mol. The third kappa shape index (κ3) is 8.61. The molecule has 8 heteroatoms. The number of hydrogen-bond donors (Lipinski definition) is 0. The number of aryl methyl sites for hydroxylation is 2. The van der Waals surface area contributed by atoms with Crippen LogP contribution in [-0.4, -0.2) is 44.6 Å². The van der Waals surface area contributed by atoms with Crippen molar-refractivity contribution in [1.29, 1.82) is 0 Å². The topological polar surface area (TPSA) is 68.2 Å². The van der Waals surface area contributed by atoms with Crippen LogP contribution in [0.2, 0.25) is 5.02 Å². The molecule has 2 aromatic carbocycles. The number of hydrogen-bond acceptors (Lipinski definition) is 6. The van der Waals surface area contributed by atoms with Crippen molar-refractivity contribution in [1.82, 2.24) is 0 Å². The van der Waals surface area contributed by atoms with E-state index in [1.807, 2.05) is 24.3 Å². The molecule has 1 saturated carbocycles. The monoisotopic (exact) mass is 613 g/mol. The Morgan fingerprint density at radius 2 is 1.95 bits per heavy atom. The van der Waals surface area contributed by atoms with Crippen LogP contribution >= 0.6 is 11.6 Å². The third-order valence-electron chi connectivity index (χ3n) is 8.90. The number of halogens is 1. The summed E-state index contributed by atoms with van der Waals surface area (Å²) in [5, 5.41) is 0.769. The lowest BCUT2D eigenvalue weighted by Crippen LogP contribution is -2.43. The van der Waals surface area contributed by atoms with E-state index < -0.39 is 16.5 Å². The molecule has 0 spiro atoms. The minimum atomic E-state index is -1.58. The number of carbonyl (C=O) groups excluding carboxylic acids is 1. The molecule has 42 heavy (non-hydrogen) atoms. The second-order valence-electron chi connectivity index (χ2n) is 11.6. The van der Waals surface area contributed by atoms with Crippen LogP contribution in [0.15, 0.2) is 52.9 Å². The zero-order valence-electron chi connectivity index (χ0n) is 25.5. The zero-order valence-corrected chi connectivity index (χ0v) is 27.1. The Morgan fingerprint density at radius 1 is 1.12 bits per heavy atom. The summed E-state index contributed by atoms with van der Waals surface area (Å²) < 4.78 is 29.2. The number of methoxy groups -OCH3 is 1. The van der Waals surface area contributed by atoms with Crippen LogP contribution in [0.1, 0.15) is 73.9 Å². The van der Waals surface area contributed by atoms with Gasteiger partial charge in [0, 0.05) is 30.8 Å². The van der Waals surface area contributed by atoms with E-state index in [4.69, 9.17) is 21.1 Å². The van der Waals surface area contributed by atoms with Crippen LogP contribution < -0.4 is 9.64 Å². The third-order valence-corrected chi connectivity index (χ3v) is 10.3. The first-order valence-electron chi connectivity index (χ1n) is 15.4. The van der Waals surface area contributed by atoms with Gasteiger partial charge < -0.3 is 22.9 Å². The molecule has 1 heterocycles. The van der Waals surface area contributed by atoms with Crippen molar-refractivity contribution < 1.29 is 18.5 Å². The van der Waals surface area contributed by atoms with Gasteiger partial charge in [-0.15, -0.1) is 0 Å². The van der Waals surface area contributed by atoms with Gasteiger partial charge in [0.25, 0.3) is 5.91 Å². The number of rotatable bonds is 9. The molecule has 2 aliphatic rings. The fourth-order valence-corrected chi connectivity index (χ4v) is 7.34. The van der Waals surface area contributed by atoms with Crippen LogP contribution in [0.3, 0.4) is 0 Å². The highest BCUT2D eigenvalue weighted by atomic mass is 35.5. The van der Waals surface area contributed by atoms with Crippen molar-refractivity contribution in [3.05, 3.63) is 70.3 Å². The number of allylic oxidation sites excluding steroid dienone is 1. The summed E-state index contributed by atoms with van der Waals surface area (Å²) in [5.74, 6) is 1.83. The molecular weight excluding hydrogens is 568 g/mol. The van der Waals surface area contributed by atoms with Gasteiger partial charge in [-0.1, -0.05) is 54.8 Å². The van der Waals surface area contributed by atoms with Crippen LogP contribution in [0, 0.1) is 24.7 Å². The lowest BCUT2D eigenvalue weighted by atomic mass is 9.70. The zero-order chi connectivity index (χ0) is 30.1. The molecule has 0 radical (unpaired) electrons. The van der Waals surface area contributed by atoms with Crippen LogP contribution in [-0.2, 0) is 26.0 Å². The van der Waals surface area contributed by atoms with E-state index in [1.54, 1.807) is 13.2 Å². The van der Waals surface area contributed by atoms with Gasteiger partial charge in [0.1, 0.15) is 5.75 Å². The van der Waals surface area contributed by atoms with Crippen molar-refractivity contribution >= 4 is 33.8 Å². The summed E-state index contributed by atoms with van der Waals surface area (Å²) in [6, 6.07) is 11.5. The van der Waals surface area contributed by atoms with Gasteiger partial charge in [0.2, 0.25) is 0 Å². The van der Waals surface area contributed by atoms with Gasteiger partial charge >= 0.3 is 0 Å². The van der Waals surface area contributed by atoms with Crippen LogP contribution in [0.4, 0.5) is 5.69 Å². The van der Waals surface area contributed by atoms with Gasteiger partial charge in [-0.25, -0.2) is 0 Å². The largest absolute Gasteiger partial charge is 0.491 e. The molecule has 230 valence electrons.